The van der Waals surface area contributed by atoms with Gasteiger partial charge >= 0.3 is 0 Å². The Labute approximate surface area is 117 Å². The average Bonchev–Trinajstić information content (AvgIpc) is 2.55. The fourth-order valence-electron chi connectivity index (χ4n) is 2.02. The Morgan fingerprint density at radius 2 is 2.05 bits per heavy atom. The van der Waals surface area contributed by atoms with E-state index < -0.39 is 0 Å². The van der Waals surface area contributed by atoms with Crippen LogP contribution >= 0.6 is 0 Å². The van der Waals surface area contributed by atoms with Crippen LogP contribution in [0.25, 0.3) is 0 Å². The van der Waals surface area contributed by atoms with E-state index in [-0.39, 0.29) is 0 Å². The number of amidine groups is 1. The Bertz CT molecular complexity index is 598. The average molecular weight is 268 g/mol. The molecule has 5 nitrogen and oxygen atoms in total. The summed E-state index contributed by atoms with van der Waals surface area (Å²) in [4.78, 5) is 13.0. The second-order valence-corrected chi connectivity index (χ2v) is 4.48. The van der Waals surface area contributed by atoms with Crippen LogP contribution in [0.1, 0.15) is 17.7 Å². The number of rotatable bonds is 4. The van der Waals surface area contributed by atoms with E-state index in [9.17, 15) is 0 Å². The van der Waals surface area contributed by atoms with Crippen molar-refractivity contribution in [2.75, 3.05) is 13.1 Å². The molecule has 0 bridgehead atoms. The molecule has 0 atom stereocenters. The van der Waals surface area contributed by atoms with Crippen molar-refractivity contribution in [3.05, 3.63) is 54.0 Å². The molecule has 1 N–H and O–H groups in total. The second-order valence-electron chi connectivity index (χ2n) is 4.48. The number of hydrogen-bond donors (Lipinski definition) is 1. The molecule has 0 saturated heterocycles. The Kier molecular flexibility index (Phi) is 3.87. The molecule has 0 amide bonds. The van der Waals surface area contributed by atoms with Crippen molar-refractivity contribution in [3.8, 4) is 5.88 Å². The van der Waals surface area contributed by atoms with E-state index in [2.05, 4.69) is 20.3 Å². The van der Waals surface area contributed by atoms with Crippen LogP contribution in [0.15, 0.2) is 47.7 Å². The third kappa shape index (κ3) is 2.93. The fourth-order valence-corrected chi connectivity index (χ4v) is 2.02. The van der Waals surface area contributed by atoms with Crippen molar-refractivity contribution in [2.24, 2.45) is 4.99 Å². The van der Waals surface area contributed by atoms with E-state index in [1.165, 1.54) is 0 Å². The van der Waals surface area contributed by atoms with Crippen LogP contribution < -0.4 is 10.1 Å². The van der Waals surface area contributed by atoms with Gasteiger partial charge in [-0.25, -0.2) is 4.98 Å². The molecule has 1 aliphatic rings. The number of nitrogens with zero attached hydrogens (tertiary/aromatic N) is 3. The largest absolute Gasteiger partial charge is 0.471 e. The van der Waals surface area contributed by atoms with Gasteiger partial charge in [-0.3, -0.25) is 9.98 Å². The zero-order chi connectivity index (χ0) is 13.6. The van der Waals surface area contributed by atoms with Gasteiger partial charge in [0.05, 0.1) is 11.3 Å². The van der Waals surface area contributed by atoms with Gasteiger partial charge < -0.3 is 10.1 Å². The van der Waals surface area contributed by atoms with E-state index in [1.54, 1.807) is 12.4 Å². The van der Waals surface area contributed by atoms with Gasteiger partial charge in [-0.2, -0.15) is 0 Å². The molecule has 0 aliphatic carbocycles. The summed E-state index contributed by atoms with van der Waals surface area (Å²) in [6, 6.07) is 9.62. The van der Waals surface area contributed by atoms with E-state index in [0.29, 0.717) is 12.5 Å². The first-order valence-corrected chi connectivity index (χ1v) is 6.70. The van der Waals surface area contributed by atoms with Crippen molar-refractivity contribution in [1.82, 2.24) is 15.3 Å². The molecule has 0 radical (unpaired) electrons. The van der Waals surface area contributed by atoms with Gasteiger partial charge in [0.15, 0.2) is 0 Å². The standard InChI is InChI=1S/C15H16N4O/c1-2-7-16-12(5-1)11-20-15-13(6-3-8-19-15)14-17-9-4-10-18-14/h1-3,5-8H,4,9-11H2,(H,17,18). The molecule has 2 aromatic heterocycles. The van der Waals surface area contributed by atoms with Crippen LogP contribution in [-0.2, 0) is 6.61 Å². The molecule has 3 heterocycles. The molecule has 2 aromatic rings. The van der Waals surface area contributed by atoms with Gasteiger partial charge in [0, 0.05) is 25.5 Å². The topological polar surface area (TPSA) is 59.4 Å². The Morgan fingerprint density at radius 1 is 1.10 bits per heavy atom. The summed E-state index contributed by atoms with van der Waals surface area (Å²) >= 11 is 0. The lowest BCUT2D eigenvalue weighted by Crippen LogP contribution is -2.30. The lowest BCUT2D eigenvalue weighted by molar-refractivity contribution is 0.288. The molecule has 0 saturated carbocycles. The minimum Gasteiger partial charge on any atom is -0.471 e. The fraction of sp³-hybridized carbons (Fsp3) is 0.267. The number of aromatic nitrogens is 2. The van der Waals surface area contributed by atoms with Crippen LogP contribution in [-0.4, -0.2) is 28.9 Å². The van der Waals surface area contributed by atoms with Gasteiger partial charge in [-0.15, -0.1) is 0 Å². The van der Waals surface area contributed by atoms with Crippen LogP contribution in [0.3, 0.4) is 0 Å². The molecule has 3 rings (SSSR count). The van der Waals surface area contributed by atoms with Crippen molar-refractivity contribution in [3.63, 3.8) is 0 Å². The highest BCUT2D eigenvalue weighted by atomic mass is 16.5. The van der Waals surface area contributed by atoms with Gasteiger partial charge in [-0.05, 0) is 30.7 Å². The first kappa shape index (κ1) is 12.6. The van der Waals surface area contributed by atoms with Crippen LogP contribution in [0.5, 0.6) is 5.88 Å². The highest BCUT2D eigenvalue weighted by molar-refractivity contribution is 6.00. The molecule has 1 aliphatic heterocycles. The molecular weight excluding hydrogens is 252 g/mol. The Hall–Kier alpha value is -2.43. The monoisotopic (exact) mass is 268 g/mol. The predicted molar refractivity (Wildman–Crippen MR) is 76.8 cm³/mol. The van der Waals surface area contributed by atoms with Crippen molar-refractivity contribution in [1.29, 1.82) is 0 Å². The normalized spacial score (nSPS) is 14.3. The zero-order valence-electron chi connectivity index (χ0n) is 11.1. The Morgan fingerprint density at radius 3 is 2.85 bits per heavy atom. The van der Waals surface area contributed by atoms with E-state index in [1.807, 2.05) is 30.3 Å². The third-order valence-corrected chi connectivity index (χ3v) is 3.01. The maximum absolute atomic E-state index is 5.78. The maximum atomic E-state index is 5.78. The maximum Gasteiger partial charge on any atom is 0.224 e. The minimum absolute atomic E-state index is 0.401. The SMILES string of the molecule is c1ccc(COc2ncccc2C2=NCCCN2)nc1. The molecule has 0 unspecified atom stereocenters. The van der Waals surface area contributed by atoms with Gasteiger partial charge in [-0.1, -0.05) is 6.07 Å². The molecule has 20 heavy (non-hydrogen) atoms. The molecule has 0 aromatic carbocycles. The summed E-state index contributed by atoms with van der Waals surface area (Å²) in [7, 11) is 0. The Balaban J connectivity index is 1.78. The first-order chi connectivity index (χ1) is 9.93. The van der Waals surface area contributed by atoms with Crippen molar-refractivity contribution < 1.29 is 4.74 Å². The van der Waals surface area contributed by atoms with Crippen molar-refractivity contribution >= 4 is 5.84 Å². The number of ether oxygens (including phenoxy) is 1. The van der Waals surface area contributed by atoms with Crippen molar-refractivity contribution in [2.45, 2.75) is 13.0 Å². The molecule has 0 spiro atoms. The highest BCUT2D eigenvalue weighted by Gasteiger charge is 2.13. The van der Waals surface area contributed by atoms with E-state index >= 15 is 0 Å². The number of pyridine rings is 2. The summed E-state index contributed by atoms with van der Waals surface area (Å²) in [5.41, 5.74) is 1.78. The lowest BCUT2D eigenvalue weighted by atomic mass is 10.2. The first-order valence-electron chi connectivity index (χ1n) is 6.70. The van der Waals surface area contributed by atoms with Gasteiger partial charge in [0.25, 0.3) is 0 Å². The molecule has 102 valence electrons. The summed E-state index contributed by atoms with van der Waals surface area (Å²) < 4.78 is 5.78. The van der Waals surface area contributed by atoms with Crippen LogP contribution in [0.4, 0.5) is 0 Å². The molecule has 0 fully saturated rings. The third-order valence-electron chi connectivity index (χ3n) is 3.01. The molecular formula is C15H16N4O. The van der Waals surface area contributed by atoms with Gasteiger partial charge in [0.1, 0.15) is 12.4 Å². The second kappa shape index (κ2) is 6.14. The molecule has 5 heteroatoms. The smallest absolute Gasteiger partial charge is 0.224 e. The summed E-state index contributed by atoms with van der Waals surface area (Å²) in [6.45, 7) is 2.18. The number of hydrogen-bond acceptors (Lipinski definition) is 5. The minimum atomic E-state index is 0.401. The summed E-state index contributed by atoms with van der Waals surface area (Å²) in [5.74, 6) is 1.45. The lowest BCUT2D eigenvalue weighted by Gasteiger charge is -2.16. The van der Waals surface area contributed by atoms with Crippen LogP contribution in [0, 0.1) is 0 Å². The van der Waals surface area contributed by atoms with Gasteiger partial charge in [0.2, 0.25) is 5.88 Å². The highest BCUT2D eigenvalue weighted by Crippen LogP contribution is 2.17. The van der Waals surface area contributed by atoms with E-state index in [4.69, 9.17) is 4.74 Å². The van der Waals surface area contributed by atoms with Crippen LogP contribution in [0.2, 0.25) is 0 Å². The zero-order valence-corrected chi connectivity index (χ0v) is 11.1. The summed E-state index contributed by atoms with van der Waals surface area (Å²) in [5, 5.41) is 3.29. The van der Waals surface area contributed by atoms with E-state index in [0.717, 1.165) is 36.6 Å². The predicted octanol–water partition coefficient (Wildman–Crippen LogP) is 1.80. The number of aliphatic imine (C=N–C) groups is 1. The number of nitrogens with one attached hydrogen (secondary N) is 1. The summed E-state index contributed by atoms with van der Waals surface area (Å²) in [6.07, 6.45) is 4.54. The quantitative estimate of drug-likeness (QED) is 0.918.